The van der Waals surface area contributed by atoms with E-state index < -0.39 is 33.7 Å². The van der Waals surface area contributed by atoms with Crippen LogP contribution < -0.4 is 0 Å². The summed E-state index contributed by atoms with van der Waals surface area (Å²) in [4.78, 5) is 21.3. The summed E-state index contributed by atoms with van der Waals surface area (Å²) >= 11 is 2.95. The number of hydrogen-bond acceptors (Lipinski definition) is 3. The molecule has 1 aromatic rings. The quantitative estimate of drug-likeness (QED) is 0.368. The number of rotatable bonds is 4. The molecule has 8 heteroatoms. The van der Waals surface area contributed by atoms with E-state index in [0.29, 0.717) is 18.2 Å². The Morgan fingerprint density at radius 3 is 2.44 bits per heavy atom. The molecule has 0 bridgehead atoms. The van der Waals surface area contributed by atoms with E-state index in [1.807, 2.05) is 0 Å². The summed E-state index contributed by atoms with van der Waals surface area (Å²) in [5.41, 5.74) is -2.21. The normalized spacial score (nSPS) is 11.3. The predicted octanol–water partition coefficient (Wildman–Crippen LogP) is 3.58. The zero-order chi connectivity index (χ0) is 13.9. The topological polar surface area (TPSA) is 60.2 Å². The number of carbonyl (C=O) groups excluding carboxylic acids is 1. The van der Waals surface area contributed by atoms with Gasteiger partial charge in [0.2, 0.25) is 0 Å². The number of nitro groups is 1. The molecular weight excluding hydrogens is 319 g/mol. The molecule has 0 spiro atoms. The van der Waals surface area contributed by atoms with E-state index in [9.17, 15) is 28.1 Å². The van der Waals surface area contributed by atoms with Crippen molar-refractivity contribution in [2.45, 2.75) is 12.6 Å². The van der Waals surface area contributed by atoms with Gasteiger partial charge in [-0.1, -0.05) is 15.9 Å². The van der Waals surface area contributed by atoms with Crippen molar-refractivity contribution in [3.8, 4) is 0 Å². The molecule has 4 nitrogen and oxygen atoms in total. The van der Waals surface area contributed by atoms with Crippen LogP contribution in [0.3, 0.4) is 0 Å². The Balaban J connectivity index is 3.33. The summed E-state index contributed by atoms with van der Waals surface area (Å²) in [5, 5.41) is 10.9. The predicted molar refractivity (Wildman–Crippen MR) is 60.8 cm³/mol. The number of nitro benzene ring substituents is 1. The summed E-state index contributed by atoms with van der Waals surface area (Å²) in [7, 11) is 0. The highest BCUT2D eigenvalue weighted by Crippen LogP contribution is 2.32. The van der Waals surface area contributed by atoms with Gasteiger partial charge in [-0.15, -0.1) is 0 Å². The van der Waals surface area contributed by atoms with E-state index in [0.717, 1.165) is 0 Å². The largest absolute Gasteiger partial charge is 0.416 e. The molecule has 0 atom stereocenters. The lowest BCUT2D eigenvalue weighted by atomic mass is 10.0. The van der Waals surface area contributed by atoms with Crippen LogP contribution in [0.1, 0.15) is 22.3 Å². The van der Waals surface area contributed by atoms with Crippen LogP contribution in [-0.4, -0.2) is 16.0 Å². The van der Waals surface area contributed by atoms with Gasteiger partial charge in [0, 0.05) is 17.8 Å². The summed E-state index contributed by atoms with van der Waals surface area (Å²) in [6.07, 6.45) is -4.75. The van der Waals surface area contributed by atoms with Gasteiger partial charge in [-0.3, -0.25) is 14.9 Å². The minimum Gasteiger partial charge on any atom is -0.294 e. The van der Waals surface area contributed by atoms with Gasteiger partial charge in [-0.2, -0.15) is 13.2 Å². The smallest absolute Gasteiger partial charge is 0.294 e. The zero-order valence-corrected chi connectivity index (χ0v) is 10.4. The van der Waals surface area contributed by atoms with Crippen LogP contribution in [0.5, 0.6) is 0 Å². The van der Waals surface area contributed by atoms with E-state index in [1.165, 1.54) is 0 Å². The Kier molecular flexibility index (Phi) is 4.44. The molecule has 0 radical (unpaired) electrons. The summed E-state index contributed by atoms with van der Waals surface area (Å²) in [5.74, 6) is -0.704. The number of carbonyl (C=O) groups is 1. The second kappa shape index (κ2) is 5.47. The third-order valence-electron chi connectivity index (χ3n) is 2.14. The monoisotopic (exact) mass is 325 g/mol. The lowest BCUT2D eigenvalue weighted by molar-refractivity contribution is -0.385. The first-order chi connectivity index (χ1) is 8.27. The van der Waals surface area contributed by atoms with Gasteiger partial charge < -0.3 is 0 Å². The Hall–Kier alpha value is -1.44. The minimum atomic E-state index is -4.64. The summed E-state index contributed by atoms with van der Waals surface area (Å²) < 4.78 is 37.4. The maximum atomic E-state index is 12.5. The number of Topliss-reactive ketones (excluding diaryl/α,β-unsaturated/α-hetero) is 1. The molecule has 0 unspecified atom stereocenters. The molecule has 0 amide bonds. The van der Waals surface area contributed by atoms with Crippen molar-refractivity contribution in [3.63, 3.8) is 0 Å². The number of hydrogen-bond donors (Lipinski definition) is 0. The highest BCUT2D eigenvalue weighted by Gasteiger charge is 2.33. The fourth-order valence-electron chi connectivity index (χ4n) is 1.32. The molecule has 0 saturated carbocycles. The SMILES string of the molecule is O=C(CCBr)c1cc(C(F)(F)F)ccc1[N+](=O)[O-]. The van der Waals surface area contributed by atoms with E-state index in [2.05, 4.69) is 15.9 Å². The van der Waals surface area contributed by atoms with Crippen molar-refractivity contribution in [2.24, 2.45) is 0 Å². The van der Waals surface area contributed by atoms with Gasteiger partial charge in [0.1, 0.15) is 0 Å². The molecule has 0 fully saturated rings. The third-order valence-corrected chi connectivity index (χ3v) is 2.54. The van der Waals surface area contributed by atoms with Crippen LogP contribution in [0.2, 0.25) is 0 Å². The first-order valence-corrected chi connectivity index (χ1v) is 5.84. The standard InChI is InChI=1S/C10H7BrF3NO3/c11-4-3-9(16)7-5-6(10(12,13)14)1-2-8(7)15(17)18/h1-2,5H,3-4H2. The third kappa shape index (κ3) is 3.28. The van der Waals surface area contributed by atoms with E-state index >= 15 is 0 Å². The molecule has 0 aliphatic heterocycles. The second-order valence-electron chi connectivity index (χ2n) is 3.35. The van der Waals surface area contributed by atoms with Gasteiger partial charge in [0.25, 0.3) is 5.69 Å². The fraction of sp³-hybridized carbons (Fsp3) is 0.300. The summed E-state index contributed by atoms with van der Waals surface area (Å²) in [6.45, 7) is 0. The van der Waals surface area contributed by atoms with Crippen LogP contribution in [0.4, 0.5) is 18.9 Å². The van der Waals surface area contributed by atoms with Crippen molar-refractivity contribution in [3.05, 3.63) is 39.4 Å². The first kappa shape index (κ1) is 14.6. The number of alkyl halides is 4. The number of ketones is 1. The van der Waals surface area contributed by atoms with Gasteiger partial charge in [0.15, 0.2) is 5.78 Å². The van der Waals surface area contributed by atoms with Crippen molar-refractivity contribution in [1.82, 2.24) is 0 Å². The zero-order valence-electron chi connectivity index (χ0n) is 8.83. The average Bonchev–Trinajstić information content (AvgIpc) is 2.27. The van der Waals surface area contributed by atoms with Crippen molar-refractivity contribution < 1.29 is 22.9 Å². The molecule has 0 heterocycles. The van der Waals surface area contributed by atoms with E-state index in [4.69, 9.17) is 0 Å². The first-order valence-electron chi connectivity index (χ1n) is 4.72. The molecule has 1 aromatic carbocycles. The molecular formula is C10H7BrF3NO3. The molecule has 0 aromatic heterocycles. The van der Waals surface area contributed by atoms with E-state index in [1.54, 1.807) is 0 Å². The Labute approximate surface area is 108 Å². The molecule has 0 aliphatic carbocycles. The molecule has 18 heavy (non-hydrogen) atoms. The van der Waals surface area contributed by atoms with Gasteiger partial charge in [0.05, 0.1) is 16.1 Å². The minimum absolute atomic E-state index is 0.109. The summed E-state index contributed by atoms with van der Waals surface area (Å²) in [6, 6.07) is 1.80. The molecule has 98 valence electrons. The molecule has 0 aliphatic rings. The van der Waals surface area contributed by atoms with E-state index in [-0.39, 0.29) is 11.8 Å². The average molecular weight is 326 g/mol. The van der Waals surface area contributed by atoms with Crippen molar-refractivity contribution >= 4 is 27.4 Å². The van der Waals surface area contributed by atoms with Gasteiger partial charge in [-0.25, -0.2) is 0 Å². The highest BCUT2D eigenvalue weighted by atomic mass is 79.9. The van der Waals surface area contributed by atoms with Crippen molar-refractivity contribution in [2.75, 3.05) is 5.33 Å². The lowest BCUT2D eigenvalue weighted by Crippen LogP contribution is -2.10. The molecule has 0 saturated heterocycles. The Bertz CT molecular complexity index is 488. The van der Waals surface area contributed by atoms with Crippen LogP contribution in [0, 0.1) is 10.1 Å². The Morgan fingerprint density at radius 2 is 2.00 bits per heavy atom. The van der Waals surface area contributed by atoms with Crippen LogP contribution in [-0.2, 0) is 6.18 Å². The fourth-order valence-corrected chi connectivity index (χ4v) is 1.68. The maximum Gasteiger partial charge on any atom is 0.416 e. The second-order valence-corrected chi connectivity index (χ2v) is 4.14. The lowest BCUT2D eigenvalue weighted by Gasteiger charge is -2.08. The van der Waals surface area contributed by atoms with Gasteiger partial charge >= 0.3 is 6.18 Å². The number of benzene rings is 1. The molecule has 1 rings (SSSR count). The van der Waals surface area contributed by atoms with Crippen LogP contribution in [0.25, 0.3) is 0 Å². The maximum absolute atomic E-state index is 12.5. The van der Waals surface area contributed by atoms with Crippen LogP contribution >= 0.6 is 15.9 Å². The van der Waals surface area contributed by atoms with Crippen molar-refractivity contribution in [1.29, 1.82) is 0 Å². The number of halogens is 4. The number of nitrogens with zero attached hydrogens (tertiary/aromatic N) is 1. The van der Waals surface area contributed by atoms with Gasteiger partial charge in [-0.05, 0) is 12.1 Å². The highest BCUT2D eigenvalue weighted by molar-refractivity contribution is 9.09. The molecule has 0 N–H and O–H groups in total. The van der Waals surface area contributed by atoms with Crippen LogP contribution in [0.15, 0.2) is 18.2 Å². The Morgan fingerprint density at radius 1 is 1.39 bits per heavy atom.